The van der Waals surface area contributed by atoms with E-state index in [1.807, 2.05) is 85.8 Å². The van der Waals surface area contributed by atoms with E-state index in [0.29, 0.717) is 6.61 Å². The largest absolute Gasteiger partial charge is 0.494 e. The normalized spacial score (nSPS) is 15.2. The Hall–Kier alpha value is -3.31. The highest BCUT2D eigenvalue weighted by Crippen LogP contribution is 2.42. The van der Waals surface area contributed by atoms with Crippen molar-refractivity contribution in [1.29, 1.82) is 0 Å². The van der Waals surface area contributed by atoms with Crippen molar-refractivity contribution in [2.45, 2.75) is 25.4 Å². The minimum Gasteiger partial charge on any atom is -0.494 e. The van der Waals surface area contributed by atoms with Gasteiger partial charge in [-0.15, -0.1) is 0 Å². The first-order chi connectivity index (χ1) is 15.7. The van der Waals surface area contributed by atoms with Crippen LogP contribution in [0.25, 0.3) is 11.0 Å². The van der Waals surface area contributed by atoms with Gasteiger partial charge in [0.25, 0.3) is 0 Å². The number of aliphatic hydroxyl groups is 1. The summed E-state index contributed by atoms with van der Waals surface area (Å²) in [5.41, 5.74) is 2.83. The third-order valence-corrected chi connectivity index (χ3v) is 6.56. The maximum Gasteiger partial charge on any atom is 0.203 e. The maximum absolute atomic E-state index is 12.1. The van der Waals surface area contributed by atoms with Gasteiger partial charge in [-0.3, -0.25) is 0 Å². The predicted molar refractivity (Wildman–Crippen MR) is 128 cm³/mol. The number of aromatic amines is 1. The van der Waals surface area contributed by atoms with E-state index >= 15 is 0 Å². The molecule has 3 aromatic carbocycles. The third kappa shape index (κ3) is 3.73. The second kappa shape index (κ2) is 8.67. The number of imidazole rings is 1. The molecule has 2 heterocycles. The van der Waals surface area contributed by atoms with E-state index in [-0.39, 0.29) is 5.92 Å². The molecule has 1 aromatic heterocycles. The molecule has 0 radical (unpaired) electrons. The molecule has 0 saturated carbocycles. The topological polar surface area (TPSA) is 61.4 Å². The van der Waals surface area contributed by atoms with Gasteiger partial charge in [-0.25, -0.2) is 4.98 Å². The molecule has 1 aliphatic heterocycles. The third-order valence-electron chi connectivity index (χ3n) is 6.56. The molecule has 32 heavy (non-hydrogen) atoms. The van der Waals surface area contributed by atoms with E-state index in [2.05, 4.69) is 9.88 Å². The summed E-state index contributed by atoms with van der Waals surface area (Å²) in [6.45, 7) is 4.31. The number of hydrogen-bond acceptors (Lipinski definition) is 4. The SMILES string of the molecule is CCOc1ccc2nc(N3CCC(C(O)(c4ccccc4)c4ccccc4)CC3)[nH]c2c1. The highest BCUT2D eigenvalue weighted by Gasteiger charge is 2.41. The van der Waals surface area contributed by atoms with Crippen LogP contribution in [0.15, 0.2) is 78.9 Å². The molecule has 1 aliphatic rings. The number of anilines is 1. The number of fused-ring (bicyclic) bond motifs is 1. The molecule has 1 fully saturated rings. The van der Waals surface area contributed by atoms with Gasteiger partial charge in [-0.1, -0.05) is 60.7 Å². The molecule has 0 bridgehead atoms. The van der Waals surface area contributed by atoms with Gasteiger partial charge in [-0.05, 0) is 48.9 Å². The van der Waals surface area contributed by atoms with Crippen molar-refractivity contribution < 1.29 is 9.84 Å². The van der Waals surface area contributed by atoms with Gasteiger partial charge in [0.1, 0.15) is 11.4 Å². The van der Waals surface area contributed by atoms with Crippen molar-refractivity contribution in [3.8, 4) is 5.75 Å². The van der Waals surface area contributed by atoms with Crippen LogP contribution >= 0.6 is 0 Å². The van der Waals surface area contributed by atoms with Crippen LogP contribution in [0.2, 0.25) is 0 Å². The Morgan fingerprint density at radius 3 is 2.19 bits per heavy atom. The Balaban J connectivity index is 1.38. The van der Waals surface area contributed by atoms with Crippen molar-refractivity contribution in [3.05, 3.63) is 90.0 Å². The van der Waals surface area contributed by atoms with E-state index in [4.69, 9.17) is 9.72 Å². The quantitative estimate of drug-likeness (QED) is 0.449. The molecule has 0 aliphatic carbocycles. The minimum absolute atomic E-state index is 0.123. The zero-order valence-corrected chi connectivity index (χ0v) is 18.4. The number of nitrogens with one attached hydrogen (secondary N) is 1. The van der Waals surface area contributed by atoms with Crippen molar-refractivity contribution in [1.82, 2.24) is 9.97 Å². The average molecular weight is 428 g/mol. The van der Waals surface area contributed by atoms with E-state index in [1.54, 1.807) is 0 Å². The van der Waals surface area contributed by atoms with Gasteiger partial charge in [0.05, 0.1) is 17.6 Å². The second-order valence-corrected chi connectivity index (χ2v) is 8.43. The Bertz CT molecular complexity index is 1130. The van der Waals surface area contributed by atoms with Crippen LogP contribution in [0.3, 0.4) is 0 Å². The lowest BCUT2D eigenvalue weighted by Gasteiger charge is -2.42. The summed E-state index contributed by atoms with van der Waals surface area (Å²) in [6.07, 6.45) is 1.75. The number of hydrogen-bond donors (Lipinski definition) is 2. The molecule has 1 saturated heterocycles. The lowest BCUT2D eigenvalue weighted by Crippen LogP contribution is -2.44. The van der Waals surface area contributed by atoms with Crippen molar-refractivity contribution in [2.75, 3.05) is 24.6 Å². The summed E-state index contributed by atoms with van der Waals surface area (Å²) in [4.78, 5) is 10.5. The first-order valence-corrected chi connectivity index (χ1v) is 11.4. The lowest BCUT2D eigenvalue weighted by atomic mass is 9.72. The number of nitrogens with zero attached hydrogens (tertiary/aromatic N) is 2. The molecule has 164 valence electrons. The minimum atomic E-state index is -1.01. The van der Waals surface area contributed by atoms with Crippen molar-refractivity contribution in [3.63, 3.8) is 0 Å². The maximum atomic E-state index is 12.1. The van der Waals surface area contributed by atoms with Crippen LogP contribution in [-0.2, 0) is 5.60 Å². The summed E-state index contributed by atoms with van der Waals surface area (Å²) in [6, 6.07) is 26.1. The molecular formula is C27H29N3O2. The van der Waals surface area contributed by atoms with Crippen LogP contribution in [0.1, 0.15) is 30.9 Å². The van der Waals surface area contributed by atoms with Crippen LogP contribution in [-0.4, -0.2) is 34.8 Å². The Morgan fingerprint density at radius 2 is 1.59 bits per heavy atom. The summed E-state index contributed by atoms with van der Waals surface area (Å²) >= 11 is 0. The molecule has 5 rings (SSSR count). The highest BCUT2D eigenvalue weighted by atomic mass is 16.5. The van der Waals surface area contributed by atoms with Crippen LogP contribution < -0.4 is 9.64 Å². The standard InChI is InChI=1S/C27H29N3O2/c1-2-32-23-13-14-24-25(19-23)29-26(28-24)30-17-15-22(16-18-30)27(31,20-9-5-3-6-10-20)21-11-7-4-8-12-21/h3-14,19,22,31H,2,15-18H2,1H3,(H,28,29). The number of benzene rings is 3. The summed E-state index contributed by atoms with van der Waals surface area (Å²) in [5, 5.41) is 12.1. The van der Waals surface area contributed by atoms with Crippen molar-refractivity contribution >= 4 is 17.0 Å². The van der Waals surface area contributed by atoms with E-state index < -0.39 is 5.60 Å². The number of aromatic nitrogens is 2. The monoisotopic (exact) mass is 427 g/mol. The summed E-state index contributed by atoms with van der Waals surface area (Å²) < 4.78 is 5.62. The highest BCUT2D eigenvalue weighted by molar-refractivity contribution is 5.79. The van der Waals surface area contributed by atoms with Crippen molar-refractivity contribution in [2.24, 2.45) is 5.92 Å². The molecule has 4 aromatic rings. The van der Waals surface area contributed by atoms with Gasteiger partial charge < -0.3 is 19.7 Å². The molecule has 0 unspecified atom stereocenters. The van der Waals surface area contributed by atoms with E-state index in [0.717, 1.165) is 59.8 Å². The fourth-order valence-electron chi connectivity index (χ4n) is 4.91. The van der Waals surface area contributed by atoms with Crippen LogP contribution in [0, 0.1) is 5.92 Å². The van der Waals surface area contributed by atoms with Gasteiger partial charge in [-0.2, -0.15) is 0 Å². The van der Waals surface area contributed by atoms with Crippen LogP contribution in [0.5, 0.6) is 5.75 Å². The second-order valence-electron chi connectivity index (χ2n) is 8.43. The van der Waals surface area contributed by atoms with Crippen LogP contribution in [0.4, 0.5) is 5.95 Å². The molecule has 0 spiro atoms. The summed E-state index contributed by atoms with van der Waals surface area (Å²) in [5.74, 6) is 1.86. The molecule has 5 nitrogen and oxygen atoms in total. The fourth-order valence-corrected chi connectivity index (χ4v) is 4.91. The first kappa shape index (κ1) is 20.6. The number of ether oxygens (including phenoxy) is 1. The Morgan fingerprint density at radius 1 is 0.969 bits per heavy atom. The molecule has 0 amide bonds. The molecule has 2 N–H and O–H groups in total. The Labute approximate surface area is 188 Å². The number of H-pyrrole nitrogens is 1. The smallest absolute Gasteiger partial charge is 0.203 e. The van der Waals surface area contributed by atoms with E-state index in [9.17, 15) is 5.11 Å². The first-order valence-electron chi connectivity index (χ1n) is 11.4. The lowest BCUT2D eigenvalue weighted by molar-refractivity contribution is 0.00495. The molecule has 5 heteroatoms. The van der Waals surface area contributed by atoms with Gasteiger partial charge in [0.15, 0.2) is 0 Å². The van der Waals surface area contributed by atoms with Gasteiger partial charge in [0, 0.05) is 19.2 Å². The predicted octanol–water partition coefficient (Wildman–Crippen LogP) is 5.11. The molecular weight excluding hydrogens is 398 g/mol. The number of piperidine rings is 1. The zero-order chi connectivity index (χ0) is 22.0. The fraction of sp³-hybridized carbons (Fsp3) is 0.296. The molecule has 0 atom stereocenters. The van der Waals surface area contributed by atoms with E-state index in [1.165, 1.54) is 0 Å². The zero-order valence-electron chi connectivity index (χ0n) is 18.4. The Kier molecular flexibility index (Phi) is 5.58. The van der Waals surface area contributed by atoms with Gasteiger partial charge in [0.2, 0.25) is 5.95 Å². The van der Waals surface area contributed by atoms with Gasteiger partial charge >= 0.3 is 0 Å². The summed E-state index contributed by atoms with van der Waals surface area (Å²) in [7, 11) is 0. The average Bonchev–Trinajstić information content (AvgIpc) is 3.28. The number of rotatable bonds is 6.